The Bertz CT molecular complexity index is 1040. The standard InChI is InChI=1S/C29H40FNO5S/c1-7-8-12-22-27(34)19(3)11-9-10-18(2)13-14-24(23(30)15-21-17-37-20(4)31-21)36-26(33)16-25(32)29(5,6)28(22)35/h1,13,15,17,19,22,24-25,27,32,34H,8-12,14,16H2,2-6H3/b18-13-,23-15-/t19-,22+,24?,25-,27-/m0/s1. The van der Waals surface area contributed by atoms with Gasteiger partial charge in [0.2, 0.25) is 0 Å². The monoisotopic (exact) mass is 533 g/mol. The molecule has 1 aliphatic heterocycles. The zero-order chi connectivity index (χ0) is 27.8. The van der Waals surface area contributed by atoms with E-state index in [9.17, 15) is 19.8 Å². The van der Waals surface area contributed by atoms with Crippen LogP contribution in [-0.2, 0) is 14.3 Å². The molecule has 2 N–H and O–H groups in total. The molecular weight excluding hydrogens is 493 g/mol. The third-order valence-electron chi connectivity index (χ3n) is 7.17. The molecule has 0 amide bonds. The molecule has 0 saturated carbocycles. The van der Waals surface area contributed by atoms with Gasteiger partial charge in [0.05, 0.1) is 34.7 Å². The Morgan fingerprint density at radius 2 is 2.05 bits per heavy atom. The number of aliphatic hydroxyl groups excluding tert-OH is 2. The molecule has 0 spiro atoms. The minimum atomic E-state index is -1.39. The van der Waals surface area contributed by atoms with Gasteiger partial charge < -0.3 is 14.9 Å². The number of rotatable bonds is 4. The highest BCUT2D eigenvalue weighted by molar-refractivity contribution is 7.09. The first-order chi connectivity index (χ1) is 17.4. The number of hydrogen-bond donors (Lipinski definition) is 2. The first-order valence-corrected chi connectivity index (χ1v) is 13.7. The van der Waals surface area contributed by atoms with Gasteiger partial charge in [-0.05, 0) is 45.4 Å². The lowest BCUT2D eigenvalue weighted by molar-refractivity contribution is -0.155. The number of ether oxygens (including phenoxy) is 1. The molecule has 0 aliphatic carbocycles. The smallest absolute Gasteiger partial charge is 0.309 e. The number of aliphatic hydroxyl groups is 2. The molecule has 8 heteroatoms. The summed E-state index contributed by atoms with van der Waals surface area (Å²) in [5, 5.41) is 24.5. The average molecular weight is 534 g/mol. The lowest BCUT2D eigenvalue weighted by Crippen LogP contribution is -2.46. The summed E-state index contributed by atoms with van der Waals surface area (Å²) in [6.07, 6.45) is 7.47. The van der Waals surface area contributed by atoms with Crippen molar-refractivity contribution in [2.24, 2.45) is 17.3 Å². The van der Waals surface area contributed by atoms with E-state index >= 15 is 4.39 Å². The van der Waals surface area contributed by atoms with Crippen LogP contribution >= 0.6 is 11.3 Å². The summed E-state index contributed by atoms with van der Waals surface area (Å²) in [7, 11) is 0. The number of aryl methyl sites for hydroxylation is 1. The van der Waals surface area contributed by atoms with Crippen LogP contribution in [-0.4, -0.2) is 45.3 Å². The predicted molar refractivity (Wildman–Crippen MR) is 144 cm³/mol. The topological polar surface area (TPSA) is 96.7 Å². The molecule has 1 aromatic heterocycles. The Labute approximate surface area is 224 Å². The van der Waals surface area contributed by atoms with Crippen LogP contribution in [0.4, 0.5) is 4.39 Å². The quantitative estimate of drug-likeness (QED) is 0.299. The summed E-state index contributed by atoms with van der Waals surface area (Å²) in [6.45, 7) is 8.75. The highest BCUT2D eigenvalue weighted by Crippen LogP contribution is 2.34. The summed E-state index contributed by atoms with van der Waals surface area (Å²) in [6, 6.07) is 0. The normalized spacial score (nSPS) is 30.2. The molecule has 2 heterocycles. The third kappa shape index (κ3) is 8.87. The van der Waals surface area contributed by atoms with E-state index in [0.29, 0.717) is 18.5 Å². The molecule has 0 aromatic carbocycles. The zero-order valence-corrected chi connectivity index (χ0v) is 23.3. The number of halogens is 1. The summed E-state index contributed by atoms with van der Waals surface area (Å²) >= 11 is 1.39. The molecule has 6 nitrogen and oxygen atoms in total. The van der Waals surface area contributed by atoms with Crippen LogP contribution in [0.5, 0.6) is 0 Å². The molecule has 37 heavy (non-hydrogen) atoms. The van der Waals surface area contributed by atoms with Crippen LogP contribution in [0.15, 0.2) is 22.9 Å². The van der Waals surface area contributed by atoms with Crippen molar-refractivity contribution in [2.75, 3.05) is 0 Å². The molecule has 204 valence electrons. The van der Waals surface area contributed by atoms with Gasteiger partial charge in [0, 0.05) is 30.2 Å². The Morgan fingerprint density at radius 1 is 1.35 bits per heavy atom. The van der Waals surface area contributed by atoms with Crippen LogP contribution in [0.25, 0.3) is 6.08 Å². The number of hydrogen-bond acceptors (Lipinski definition) is 7. The summed E-state index contributed by atoms with van der Waals surface area (Å²) in [5.41, 5.74) is 0.101. The SMILES string of the molecule is C#CCC[C@H]1C(=O)C(C)(C)[C@@H](O)CC(=O)OC(/C(F)=C/c2csc(C)n2)C/C=C(/C)CCC[C@H](C)[C@@H]1O. The van der Waals surface area contributed by atoms with Gasteiger partial charge in [0.1, 0.15) is 11.6 Å². The average Bonchev–Trinajstić information content (AvgIpc) is 3.24. The molecule has 0 bridgehead atoms. The van der Waals surface area contributed by atoms with E-state index in [1.54, 1.807) is 19.2 Å². The number of esters is 1. The number of aromatic nitrogens is 1. The van der Waals surface area contributed by atoms with Crippen LogP contribution < -0.4 is 0 Å². The summed E-state index contributed by atoms with van der Waals surface area (Å²) in [4.78, 5) is 30.6. The molecule has 1 aliphatic rings. The van der Waals surface area contributed by atoms with Crippen molar-refractivity contribution < 1.29 is 28.9 Å². The highest BCUT2D eigenvalue weighted by Gasteiger charge is 2.43. The van der Waals surface area contributed by atoms with E-state index in [0.717, 1.165) is 23.4 Å². The zero-order valence-electron chi connectivity index (χ0n) is 22.5. The second-order valence-electron chi connectivity index (χ2n) is 10.6. The lowest BCUT2D eigenvalue weighted by Gasteiger charge is -2.36. The van der Waals surface area contributed by atoms with Crippen molar-refractivity contribution in [2.45, 2.75) is 97.9 Å². The van der Waals surface area contributed by atoms with Crippen molar-refractivity contribution >= 4 is 29.2 Å². The molecule has 0 radical (unpaired) electrons. The minimum Gasteiger partial charge on any atom is -0.455 e. The number of carbonyl (C=O) groups is 2. The number of allylic oxidation sites excluding steroid dienone is 1. The lowest BCUT2D eigenvalue weighted by atomic mass is 9.71. The highest BCUT2D eigenvalue weighted by atomic mass is 32.1. The molecule has 1 aromatic rings. The fraction of sp³-hybridized carbons (Fsp3) is 0.621. The number of cyclic esters (lactones) is 1. The molecular formula is C29H40FNO5S. The van der Waals surface area contributed by atoms with E-state index in [1.165, 1.54) is 17.4 Å². The fourth-order valence-electron chi connectivity index (χ4n) is 4.54. The van der Waals surface area contributed by atoms with E-state index in [4.69, 9.17) is 11.2 Å². The van der Waals surface area contributed by atoms with Crippen LogP contribution in [0.3, 0.4) is 0 Å². The molecule has 2 rings (SSSR count). The van der Waals surface area contributed by atoms with E-state index in [1.807, 2.05) is 26.8 Å². The van der Waals surface area contributed by atoms with E-state index < -0.39 is 47.9 Å². The number of nitrogens with zero attached hydrogens (tertiary/aromatic N) is 1. The minimum absolute atomic E-state index is 0.133. The Hall–Kier alpha value is -2.34. The summed E-state index contributed by atoms with van der Waals surface area (Å²) < 4.78 is 20.7. The summed E-state index contributed by atoms with van der Waals surface area (Å²) in [5.74, 6) is -0.224. The maximum atomic E-state index is 15.2. The molecule has 5 atom stereocenters. The second kappa shape index (κ2) is 14.0. The van der Waals surface area contributed by atoms with Crippen LogP contribution in [0.2, 0.25) is 0 Å². The maximum Gasteiger partial charge on any atom is 0.309 e. The van der Waals surface area contributed by atoms with Gasteiger partial charge in [-0.3, -0.25) is 9.59 Å². The fourth-order valence-corrected chi connectivity index (χ4v) is 5.11. The predicted octanol–water partition coefficient (Wildman–Crippen LogP) is 5.57. The van der Waals surface area contributed by atoms with Crippen molar-refractivity contribution in [1.29, 1.82) is 0 Å². The first kappa shape index (κ1) is 30.9. The Morgan fingerprint density at radius 3 is 2.68 bits per heavy atom. The number of thiazole rings is 1. The number of terminal acetylenes is 1. The van der Waals surface area contributed by atoms with Crippen molar-refractivity contribution in [3.8, 4) is 12.3 Å². The van der Waals surface area contributed by atoms with Gasteiger partial charge in [-0.1, -0.05) is 32.4 Å². The largest absolute Gasteiger partial charge is 0.455 e. The van der Waals surface area contributed by atoms with Crippen molar-refractivity contribution in [3.05, 3.63) is 33.6 Å². The van der Waals surface area contributed by atoms with Crippen LogP contribution in [0, 0.1) is 36.5 Å². The number of ketones is 1. The molecule has 0 fully saturated rings. The van der Waals surface area contributed by atoms with Crippen LogP contribution in [0.1, 0.15) is 83.3 Å². The van der Waals surface area contributed by atoms with Gasteiger partial charge in [-0.25, -0.2) is 9.37 Å². The first-order valence-electron chi connectivity index (χ1n) is 12.8. The van der Waals surface area contributed by atoms with Gasteiger partial charge in [-0.2, -0.15) is 0 Å². The van der Waals surface area contributed by atoms with Gasteiger partial charge in [0.15, 0.2) is 6.10 Å². The van der Waals surface area contributed by atoms with Gasteiger partial charge in [-0.15, -0.1) is 23.7 Å². The van der Waals surface area contributed by atoms with E-state index in [2.05, 4.69) is 10.9 Å². The molecule has 1 unspecified atom stereocenters. The van der Waals surface area contributed by atoms with Gasteiger partial charge >= 0.3 is 5.97 Å². The van der Waals surface area contributed by atoms with Crippen molar-refractivity contribution in [1.82, 2.24) is 4.98 Å². The van der Waals surface area contributed by atoms with E-state index in [-0.39, 0.29) is 24.5 Å². The third-order valence-corrected chi connectivity index (χ3v) is 7.97. The Kier molecular flexibility index (Phi) is 11.7. The second-order valence-corrected chi connectivity index (χ2v) is 11.7. The van der Waals surface area contributed by atoms with Crippen molar-refractivity contribution in [3.63, 3.8) is 0 Å². The maximum absolute atomic E-state index is 15.2. The number of carbonyl (C=O) groups excluding carboxylic acids is 2. The molecule has 0 saturated heterocycles. The Balaban J connectivity index is 2.37. The van der Waals surface area contributed by atoms with Gasteiger partial charge in [0.25, 0.3) is 0 Å². The number of Topliss-reactive ketones (excluding diaryl/α,β-unsaturated/α-hetero) is 1.